The summed E-state index contributed by atoms with van der Waals surface area (Å²) < 4.78 is 0. The van der Waals surface area contributed by atoms with Crippen molar-refractivity contribution in [3.8, 4) is 45.6 Å². The number of hydrogen-bond donors (Lipinski definition) is 0. The Morgan fingerprint density at radius 1 is 0.268 bits per heavy atom. The SMILES string of the molecule is [Cl-].[Cl-].[Cl-].[Cl-].[Ru+4].c1ccc(-c2cccc(-c3ccccn3)n2)nc1.c1ccc(-c2cccc(-c3ccccn3)n2)nc1. The molecule has 11 heteroatoms. The van der Waals surface area contributed by atoms with Crippen molar-refractivity contribution in [2.45, 2.75) is 0 Å². The Balaban J connectivity index is 0.000000696. The first kappa shape index (κ1) is 37.7. The molecular formula is C30H22Cl4N6Ru. The smallest absolute Gasteiger partial charge is 1.00 e. The van der Waals surface area contributed by atoms with E-state index >= 15 is 0 Å². The summed E-state index contributed by atoms with van der Waals surface area (Å²) in [5.41, 5.74) is 6.92. The minimum absolute atomic E-state index is 0. The predicted molar refractivity (Wildman–Crippen MR) is 141 cm³/mol. The summed E-state index contributed by atoms with van der Waals surface area (Å²) in [5, 5.41) is 0. The van der Waals surface area contributed by atoms with E-state index in [2.05, 4.69) is 29.9 Å². The Bertz CT molecular complexity index is 1310. The molecule has 6 heterocycles. The van der Waals surface area contributed by atoms with Gasteiger partial charge in [-0.2, -0.15) is 0 Å². The molecule has 0 saturated carbocycles. The molecule has 41 heavy (non-hydrogen) atoms. The van der Waals surface area contributed by atoms with Gasteiger partial charge in [-0.3, -0.25) is 19.9 Å². The van der Waals surface area contributed by atoms with Crippen molar-refractivity contribution in [1.82, 2.24) is 29.9 Å². The van der Waals surface area contributed by atoms with E-state index in [1.54, 1.807) is 24.8 Å². The van der Waals surface area contributed by atoms with Gasteiger partial charge in [-0.15, -0.1) is 0 Å². The molecule has 0 unspecified atom stereocenters. The van der Waals surface area contributed by atoms with Crippen LogP contribution in [-0.2, 0) is 19.5 Å². The van der Waals surface area contributed by atoms with E-state index in [1.165, 1.54) is 0 Å². The average Bonchev–Trinajstić information content (AvgIpc) is 2.99. The second kappa shape index (κ2) is 19.7. The molecule has 6 nitrogen and oxygen atoms in total. The van der Waals surface area contributed by atoms with Gasteiger partial charge in [-0.1, -0.05) is 36.4 Å². The molecule has 6 aromatic heterocycles. The number of rotatable bonds is 4. The molecule has 0 fully saturated rings. The summed E-state index contributed by atoms with van der Waals surface area (Å²) in [5.74, 6) is 0. The molecule has 0 aliphatic heterocycles. The molecule has 6 aromatic rings. The molecule has 0 atom stereocenters. The van der Waals surface area contributed by atoms with E-state index in [1.807, 2.05) is 109 Å². The van der Waals surface area contributed by atoms with Gasteiger partial charge in [0.15, 0.2) is 0 Å². The molecular weight excluding hydrogens is 687 g/mol. The van der Waals surface area contributed by atoms with Crippen LogP contribution in [-0.4, -0.2) is 29.9 Å². The summed E-state index contributed by atoms with van der Waals surface area (Å²) in [4.78, 5) is 26.4. The Labute approximate surface area is 277 Å². The van der Waals surface area contributed by atoms with Crippen LogP contribution in [0.1, 0.15) is 0 Å². The first-order chi connectivity index (χ1) is 17.9. The third-order valence-electron chi connectivity index (χ3n) is 5.21. The number of pyridine rings is 6. The molecule has 0 bridgehead atoms. The largest absolute Gasteiger partial charge is 4.00 e. The number of hydrogen-bond acceptors (Lipinski definition) is 6. The van der Waals surface area contributed by atoms with Crippen LogP contribution < -0.4 is 49.6 Å². The van der Waals surface area contributed by atoms with Crippen molar-refractivity contribution < 1.29 is 69.1 Å². The molecule has 0 spiro atoms. The predicted octanol–water partition coefficient (Wildman–Crippen LogP) is -5.58. The van der Waals surface area contributed by atoms with Crippen LogP contribution in [0.3, 0.4) is 0 Å². The molecule has 0 aliphatic rings. The monoisotopic (exact) mass is 708 g/mol. The van der Waals surface area contributed by atoms with Crippen molar-refractivity contribution in [3.63, 3.8) is 0 Å². The fourth-order valence-corrected chi connectivity index (χ4v) is 3.50. The van der Waals surface area contributed by atoms with Crippen LogP contribution in [0.2, 0.25) is 0 Å². The van der Waals surface area contributed by atoms with Crippen molar-refractivity contribution in [2.24, 2.45) is 0 Å². The van der Waals surface area contributed by atoms with Crippen molar-refractivity contribution in [1.29, 1.82) is 0 Å². The number of halogens is 4. The van der Waals surface area contributed by atoms with E-state index < -0.39 is 0 Å². The molecule has 0 amide bonds. The minimum atomic E-state index is 0. The molecule has 0 aromatic carbocycles. The Morgan fingerprint density at radius 2 is 0.488 bits per heavy atom. The van der Waals surface area contributed by atoms with Gasteiger partial charge in [-0.05, 0) is 72.8 Å². The van der Waals surface area contributed by atoms with Gasteiger partial charge in [-0.25, -0.2) is 9.97 Å². The zero-order valence-electron chi connectivity index (χ0n) is 21.3. The van der Waals surface area contributed by atoms with E-state index in [0.717, 1.165) is 45.6 Å². The number of aromatic nitrogens is 6. The van der Waals surface area contributed by atoms with E-state index in [0.29, 0.717) is 0 Å². The van der Waals surface area contributed by atoms with Gasteiger partial charge < -0.3 is 49.6 Å². The normalized spacial score (nSPS) is 8.98. The van der Waals surface area contributed by atoms with Crippen molar-refractivity contribution in [2.75, 3.05) is 0 Å². The minimum Gasteiger partial charge on any atom is -1.00 e. The Morgan fingerprint density at radius 3 is 0.683 bits per heavy atom. The van der Waals surface area contributed by atoms with E-state index in [4.69, 9.17) is 0 Å². The zero-order chi connectivity index (χ0) is 24.4. The van der Waals surface area contributed by atoms with Crippen LogP contribution in [0.5, 0.6) is 0 Å². The first-order valence-corrected chi connectivity index (χ1v) is 11.5. The second-order valence-corrected chi connectivity index (χ2v) is 7.68. The molecule has 6 rings (SSSR count). The standard InChI is InChI=1S/2C15H11N3.4ClH.Ru/c2*1-3-10-16-12(6-1)14-8-5-9-15(18-14)13-7-2-4-11-17-13;;;;;/h2*1-11H;4*1H;/q;;;;;;+4/p-4. The molecule has 0 saturated heterocycles. The fourth-order valence-electron chi connectivity index (χ4n) is 3.50. The first-order valence-electron chi connectivity index (χ1n) is 11.5. The zero-order valence-corrected chi connectivity index (χ0v) is 26.0. The van der Waals surface area contributed by atoms with E-state index in [-0.39, 0.29) is 69.1 Å². The van der Waals surface area contributed by atoms with Gasteiger partial charge in [0.2, 0.25) is 0 Å². The summed E-state index contributed by atoms with van der Waals surface area (Å²) in [6.45, 7) is 0. The summed E-state index contributed by atoms with van der Waals surface area (Å²) >= 11 is 0. The topological polar surface area (TPSA) is 77.3 Å². The van der Waals surface area contributed by atoms with E-state index in [9.17, 15) is 0 Å². The van der Waals surface area contributed by atoms with Gasteiger partial charge in [0.1, 0.15) is 0 Å². The van der Waals surface area contributed by atoms with Crippen LogP contribution in [0.15, 0.2) is 134 Å². The Hall–Kier alpha value is -3.32. The summed E-state index contributed by atoms with van der Waals surface area (Å²) in [6.07, 6.45) is 7.07. The second-order valence-electron chi connectivity index (χ2n) is 7.68. The van der Waals surface area contributed by atoms with Crippen molar-refractivity contribution >= 4 is 0 Å². The third-order valence-corrected chi connectivity index (χ3v) is 5.21. The van der Waals surface area contributed by atoms with Crippen LogP contribution in [0.25, 0.3) is 45.6 Å². The molecule has 0 N–H and O–H groups in total. The van der Waals surface area contributed by atoms with Gasteiger partial charge in [0.25, 0.3) is 0 Å². The van der Waals surface area contributed by atoms with Crippen LogP contribution >= 0.6 is 0 Å². The summed E-state index contributed by atoms with van der Waals surface area (Å²) in [7, 11) is 0. The maximum Gasteiger partial charge on any atom is 4.00 e. The van der Waals surface area contributed by atoms with Crippen LogP contribution in [0, 0.1) is 0 Å². The average molecular weight is 709 g/mol. The molecule has 208 valence electrons. The van der Waals surface area contributed by atoms with Gasteiger partial charge in [0, 0.05) is 24.8 Å². The quantitative estimate of drug-likeness (QED) is 0.170. The summed E-state index contributed by atoms with van der Waals surface area (Å²) in [6, 6.07) is 35.0. The molecule has 0 radical (unpaired) electrons. The van der Waals surface area contributed by atoms with Gasteiger partial charge >= 0.3 is 19.5 Å². The molecule has 0 aliphatic carbocycles. The van der Waals surface area contributed by atoms with Gasteiger partial charge in [0.05, 0.1) is 45.6 Å². The van der Waals surface area contributed by atoms with Crippen molar-refractivity contribution in [3.05, 3.63) is 134 Å². The fraction of sp³-hybridized carbons (Fsp3) is 0. The maximum absolute atomic E-state index is 4.59. The van der Waals surface area contributed by atoms with Crippen LogP contribution in [0.4, 0.5) is 0 Å². The Kier molecular flexibility index (Phi) is 18.1. The third kappa shape index (κ3) is 10.5. The maximum atomic E-state index is 4.59. The number of nitrogens with zero attached hydrogens (tertiary/aromatic N) is 6.